The van der Waals surface area contributed by atoms with Crippen LogP contribution in [0.1, 0.15) is 43.4 Å². The van der Waals surface area contributed by atoms with Gasteiger partial charge in [-0.2, -0.15) is 0 Å². The number of aryl methyl sites for hydroxylation is 1. The fourth-order valence-corrected chi connectivity index (χ4v) is 4.46. The second-order valence-corrected chi connectivity index (χ2v) is 8.06. The van der Waals surface area contributed by atoms with Crippen LogP contribution in [0.2, 0.25) is 0 Å². The molecule has 0 amide bonds. The predicted octanol–water partition coefficient (Wildman–Crippen LogP) is 5.52. The Morgan fingerprint density at radius 2 is 1.89 bits per heavy atom. The lowest BCUT2D eigenvalue weighted by Gasteiger charge is -2.17. The molecule has 2 aromatic carbocycles. The molecule has 0 fully saturated rings. The molecule has 1 heterocycles. The molecule has 0 spiro atoms. The lowest BCUT2D eigenvalue weighted by molar-refractivity contribution is 0.242. The standard InChI is InChI=1S/C23H22N2OS/c1-4-16-14-18(12-13-21(16)26-15(2)3)22-24-25-23(27-22)20-11-7-9-17-8-5-6-10-19(17)20/h1,7,9,11-15H,5-6,8,10H2,2-3H3. The maximum absolute atomic E-state index is 5.79. The van der Waals surface area contributed by atoms with Gasteiger partial charge in [-0.05, 0) is 68.9 Å². The van der Waals surface area contributed by atoms with E-state index in [1.165, 1.54) is 29.5 Å². The monoisotopic (exact) mass is 374 g/mol. The van der Waals surface area contributed by atoms with E-state index in [1.807, 2.05) is 32.0 Å². The summed E-state index contributed by atoms with van der Waals surface area (Å²) in [5.41, 5.74) is 5.85. The molecular formula is C23H22N2OS. The van der Waals surface area contributed by atoms with Gasteiger partial charge in [-0.25, -0.2) is 0 Å². The summed E-state index contributed by atoms with van der Waals surface area (Å²) in [7, 11) is 0. The molecule has 0 atom stereocenters. The highest BCUT2D eigenvalue weighted by Crippen LogP contribution is 2.36. The van der Waals surface area contributed by atoms with E-state index >= 15 is 0 Å². The smallest absolute Gasteiger partial charge is 0.148 e. The van der Waals surface area contributed by atoms with Crippen LogP contribution in [0, 0.1) is 12.3 Å². The Labute approximate surface area is 164 Å². The minimum atomic E-state index is 0.0836. The molecule has 3 nitrogen and oxygen atoms in total. The Hall–Kier alpha value is -2.64. The molecule has 0 unspecified atom stereocenters. The Kier molecular flexibility index (Phi) is 4.96. The van der Waals surface area contributed by atoms with E-state index in [4.69, 9.17) is 11.2 Å². The highest BCUT2D eigenvalue weighted by Gasteiger charge is 2.17. The SMILES string of the molecule is C#Cc1cc(-c2nnc(-c3cccc4c3CCCC4)s2)ccc1OC(C)C. The minimum absolute atomic E-state index is 0.0836. The van der Waals surface area contributed by atoms with Gasteiger partial charge in [0, 0.05) is 11.1 Å². The van der Waals surface area contributed by atoms with Crippen LogP contribution >= 0.6 is 11.3 Å². The van der Waals surface area contributed by atoms with Gasteiger partial charge in [0.05, 0.1) is 11.7 Å². The second kappa shape index (κ2) is 7.54. The molecule has 4 heteroatoms. The van der Waals surface area contributed by atoms with Crippen LogP contribution in [0.3, 0.4) is 0 Å². The number of terminal acetylenes is 1. The van der Waals surface area contributed by atoms with Crippen LogP contribution in [-0.4, -0.2) is 16.3 Å². The fraction of sp³-hybridized carbons (Fsp3) is 0.304. The number of aromatic nitrogens is 2. The van der Waals surface area contributed by atoms with Crippen molar-refractivity contribution >= 4 is 11.3 Å². The minimum Gasteiger partial charge on any atom is -0.490 e. The van der Waals surface area contributed by atoms with Crippen LogP contribution in [0.4, 0.5) is 0 Å². The first-order valence-corrected chi connectivity index (χ1v) is 10.2. The third-order valence-corrected chi connectivity index (χ3v) is 5.80. The summed E-state index contributed by atoms with van der Waals surface area (Å²) < 4.78 is 5.79. The molecule has 0 bridgehead atoms. The Balaban J connectivity index is 1.69. The van der Waals surface area contributed by atoms with Crippen molar-refractivity contribution in [1.29, 1.82) is 0 Å². The highest BCUT2D eigenvalue weighted by atomic mass is 32.1. The van der Waals surface area contributed by atoms with Crippen LogP contribution in [-0.2, 0) is 12.8 Å². The molecule has 0 radical (unpaired) electrons. The topological polar surface area (TPSA) is 35.0 Å². The Morgan fingerprint density at radius 1 is 1.07 bits per heavy atom. The summed E-state index contributed by atoms with van der Waals surface area (Å²) in [5, 5.41) is 10.8. The number of ether oxygens (including phenoxy) is 1. The zero-order valence-corrected chi connectivity index (χ0v) is 16.5. The Morgan fingerprint density at radius 3 is 2.70 bits per heavy atom. The van der Waals surface area contributed by atoms with E-state index in [9.17, 15) is 0 Å². The van der Waals surface area contributed by atoms with E-state index in [0.717, 1.165) is 39.7 Å². The van der Waals surface area contributed by atoms with Gasteiger partial charge in [-0.1, -0.05) is 35.5 Å². The molecule has 0 N–H and O–H groups in total. The summed E-state index contributed by atoms with van der Waals surface area (Å²) in [5.74, 6) is 3.46. The van der Waals surface area contributed by atoms with Gasteiger partial charge in [0.1, 0.15) is 15.8 Å². The van der Waals surface area contributed by atoms with Crippen LogP contribution in [0.5, 0.6) is 5.75 Å². The lowest BCUT2D eigenvalue weighted by atomic mass is 9.88. The van der Waals surface area contributed by atoms with Crippen molar-refractivity contribution in [2.45, 2.75) is 45.6 Å². The largest absolute Gasteiger partial charge is 0.490 e. The van der Waals surface area contributed by atoms with E-state index in [-0.39, 0.29) is 6.10 Å². The van der Waals surface area contributed by atoms with Crippen molar-refractivity contribution in [2.75, 3.05) is 0 Å². The first-order valence-electron chi connectivity index (χ1n) is 9.38. The van der Waals surface area contributed by atoms with Crippen molar-refractivity contribution in [3.63, 3.8) is 0 Å². The zero-order valence-electron chi connectivity index (χ0n) is 15.7. The van der Waals surface area contributed by atoms with E-state index < -0.39 is 0 Å². The first-order chi connectivity index (χ1) is 13.2. The van der Waals surface area contributed by atoms with Gasteiger partial charge in [0.25, 0.3) is 0 Å². The number of rotatable bonds is 4. The maximum Gasteiger partial charge on any atom is 0.148 e. The van der Waals surface area contributed by atoms with Gasteiger partial charge in [0.2, 0.25) is 0 Å². The zero-order chi connectivity index (χ0) is 18.8. The molecular weight excluding hydrogens is 352 g/mol. The average Bonchev–Trinajstić information content (AvgIpc) is 3.17. The number of fused-ring (bicyclic) bond motifs is 1. The number of benzene rings is 2. The number of nitrogens with zero attached hydrogens (tertiary/aromatic N) is 2. The van der Waals surface area contributed by atoms with Crippen molar-refractivity contribution in [1.82, 2.24) is 10.2 Å². The van der Waals surface area contributed by atoms with Gasteiger partial charge in [-0.15, -0.1) is 16.6 Å². The first kappa shape index (κ1) is 17.8. The van der Waals surface area contributed by atoms with Crippen LogP contribution < -0.4 is 4.74 Å². The van der Waals surface area contributed by atoms with Crippen LogP contribution in [0.15, 0.2) is 36.4 Å². The molecule has 136 valence electrons. The third kappa shape index (κ3) is 3.61. The van der Waals surface area contributed by atoms with E-state index in [0.29, 0.717) is 0 Å². The third-order valence-electron chi connectivity index (χ3n) is 4.80. The summed E-state index contributed by atoms with van der Waals surface area (Å²) in [6.07, 6.45) is 10.6. The maximum atomic E-state index is 5.79. The normalized spacial score (nSPS) is 13.3. The second-order valence-electron chi connectivity index (χ2n) is 7.08. The van der Waals surface area contributed by atoms with Crippen molar-refractivity contribution in [3.05, 3.63) is 53.1 Å². The molecule has 0 aliphatic heterocycles. The summed E-state index contributed by atoms with van der Waals surface area (Å²) >= 11 is 1.62. The van der Waals surface area contributed by atoms with E-state index in [2.05, 4.69) is 34.3 Å². The molecule has 1 aliphatic rings. The molecule has 0 saturated carbocycles. The summed E-state index contributed by atoms with van der Waals surface area (Å²) in [6.45, 7) is 3.98. The number of hydrogen-bond donors (Lipinski definition) is 0. The molecule has 1 aliphatic carbocycles. The van der Waals surface area contributed by atoms with Gasteiger partial charge in [0.15, 0.2) is 0 Å². The lowest BCUT2D eigenvalue weighted by Crippen LogP contribution is -2.06. The van der Waals surface area contributed by atoms with Crippen molar-refractivity contribution < 1.29 is 4.74 Å². The van der Waals surface area contributed by atoms with Gasteiger partial charge < -0.3 is 4.74 Å². The van der Waals surface area contributed by atoms with Gasteiger partial charge >= 0.3 is 0 Å². The Bertz CT molecular complexity index is 1010. The van der Waals surface area contributed by atoms with Crippen molar-refractivity contribution in [3.8, 4) is 39.2 Å². The quantitative estimate of drug-likeness (QED) is 0.564. The number of hydrogen-bond acceptors (Lipinski definition) is 4. The molecule has 3 aromatic rings. The molecule has 1 aromatic heterocycles. The molecule has 0 saturated heterocycles. The van der Waals surface area contributed by atoms with Crippen LogP contribution in [0.25, 0.3) is 21.1 Å². The van der Waals surface area contributed by atoms with Gasteiger partial charge in [-0.3, -0.25) is 0 Å². The predicted molar refractivity (Wildman–Crippen MR) is 111 cm³/mol. The fourth-order valence-electron chi connectivity index (χ4n) is 3.56. The summed E-state index contributed by atoms with van der Waals surface area (Å²) in [6, 6.07) is 12.4. The molecule has 27 heavy (non-hydrogen) atoms. The van der Waals surface area contributed by atoms with E-state index in [1.54, 1.807) is 11.3 Å². The molecule has 4 rings (SSSR count). The summed E-state index contributed by atoms with van der Waals surface area (Å²) in [4.78, 5) is 0. The van der Waals surface area contributed by atoms with Crippen molar-refractivity contribution in [2.24, 2.45) is 0 Å². The highest BCUT2D eigenvalue weighted by molar-refractivity contribution is 7.17. The average molecular weight is 375 g/mol.